The molecule has 0 spiro atoms. The summed E-state index contributed by atoms with van der Waals surface area (Å²) in [5.41, 5.74) is 5.24. The molecular weight excluding hydrogens is 228 g/mol. The Kier molecular flexibility index (Phi) is 2.77. The lowest BCUT2D eigenvalue weighted by Gasteiger charge is -2.26. The van der Waals surface area contributed by atoms with Crippen molar-refractivity contribution in [3.8, 4) is 0 Å². The summed E-state index contributed by atoms with van der Waals surface area (Å²) in [6.07, 6.45) is 1.07. The van der Waals surface area contributed by atoms with Crippen molar-refractivity contribution in [2.75, 3.05) is 17.2 Å². The summed E-state index contributed by atoms with van der Waals surface area (Å²) < 4.78 is 0. The highest BCUT2D eigenvalue weighted by Gasteiger charge is 2.17. The smallest absolute Gasteiger partial charge is 0.0687 e. The molecule has 1 atom stereocenters. The number of rotatable bonds is 2. The van der Waals surface area contributed by atoms with E-state index >= 15 is 0 Å². The van der Waals surface area contributed by atoms with Crippen LogP contribution in [0.25, 0.3) is 0 Å². The number of anilines is 2. The predicted octanol–water partition coefficient (Wildman–Crippen LogP) is 3.51. The molecule has 0 fully saturated rings. The second kappa shape index (κ2) is 4.41. The van der Waals surface area contributed by atoms with Crippen molar-refractivity contribution >= 4 is 22.7 Å². The summed E-state index contributed by atoms with van der Waals surface area (Å²) in [6.45, 7) is 3.14. The van der Waals surface area contributed by atoms with Crippen LogP contribution in [0.15, 0.2) is 35.0 Å². The molecule has 3 heteroatoms. The Balaban J connectivity index is 1.72. The van der Waals surface area contributed by atoms with E-state index < -0.39 is 0 Å². The van der Waals surface area contributed by atoms with Crippen LogP contribution < -0.4 is 10.6 Å². The molecule has 1 aliphatic rings. The van der Waals surface area contributed by atoms with Crippen molar-refractivity contribution in [1.29, 1.82) is 0 Å². The third-order valence-corrected chi connectivity index (χ3v) is 3.87. The van der Waals surface area contributed by atoms with Crippen molar-refractivity contribution < 1.29 is 0 Å². The van der Waals surface area contributed by atoms with Gasteiger partial charge in [-0.1, -0.05) is 29.8 Å². The Morgan fingerprint density at radius 2 is 2.18 bits per heavy atom. The zero-order valence-electron chi connectivity index (χ0n) is 9.86. The molecule has 1 unspecified atom stereocenters. The van der Waals surface area contributed by atoms with Crippen LogP contribution in [-0.4, -0.2) is 12.6 Å². The van der Waals surface area contributed by atoms with E-state index in [4.69, 9.17) is 0 Å². The third-order valence-electron chi connectivity index (χ3n) is 3.13. The number of nitrogens with one attached hydrogen (secondary N) is 2. The average Bonchev–Trinajstić information content (AvgIpc) is 2.76. The fourth-order valence-corrected chi connectivity index (χ4v) is 3.04. The van der Waals surface area contributed by atoms with Crippen LogP contribution in [0, 0.1) is 6.92 Å². The highest BCUT2D eigenvalue weighted by atomic mass is 32.1. The summed E-state index contributed by atoms with van der Waals surface area (Å²) in [7, 11) is 0. The Hall–Kier alpha value is -1.48. The van der Waals surface area contributed by atoms with E-state index in [1.165, 1.54) is 22.5 Å². The first-order chi connectivity index (χ1) is 8.31. The number of fused-ring (bicyclic) bond motifs is 1. The van der Waals surface area contributed by atoms with Gasteiger partial charge in [0.25, 0.3) is 0 Å². The van der Waals surface area contributed by atoms with Crippen molar-refractivity contribution in [2.45, 2.75) is 19.4 Å². The zero-order valence-corrected chi connectivity index (χ0v) is 10.7. The monoisotopic (exact) mass is 244 g/mol. The average molecular weight is 244 g/mol. The van der Waals surface area contributed by atoms with Crippen LogP contribution >= 0.6 is 11.3 Å². The third kappa shape index (κ3) is 2.29. The largest absolute Gasteiger partial charge is 0.381 e. The number of hydrogen-bond donors (Lipinski definition) is 2. The fraction of sp³-hybridized carbons (Fsp3) is 0.286. The van der Waals surface area contributed by atoms with Gasteiger partial charge in [0.1, 0.15) is 0 Å². The summed E-state index contributed by atoms with van der Waals surface area (Å²) in [5.74, 6) is 0. The minimum atomic E-state index is 0.485. The summed E-state index contributed by atoms with van der Waals surface area (Å²) in [4.78, 5) is 0. The van der Waals surface area contributed by atoms with Crippen LogP contribution in [0.5, 0.6) is 0 Å². The molecule has 0 radical (unpaired) electrons. The Morgan fingerprint density at radius 1 is 1.29 bits per heavy atom. The lowest BCUT2D eigenvalue weighted by atomic mass is 10.0. The quantitative estimate of drug-likeness (QED) is 0.845. The fourth-order valence-electron chi connectivity index (χ4n) is 2.30. The summed E-state index contributed by atoms with van der Waals surface area (Å²) >= 11 is 1.74. The molecule has 3 rings (SSSR count). The van der Waals surface area contributed by atoms with Gasteiger partial charge in [0, 0.05) is 23.3 Å². The van der Waals surface area contributed by atoms with E-state index in [2.05, 4.69) is 52.6 Å². The van der Waals surface area contributed by atoms with Gasteiger partial charge in [0.2, 0.25) is 0 Å². The Bertz CT molecular complexity index is 518. The lowest BCUT2D eigenvalue weighted by Crippen LogP contribution is -2.34. The highest BCUT2D eigenvalue weighted by Crippen LogP contribution is 2.30. The highest BCUT2D eigenvalue weighted by molar-refractivity contribution is 7.09. The van der Waals surface area contributed by atoms with Gasteiger partial charge < -0.3 is 10.6 Å². The molecule has 1 aliphatic heterocycles. The number of aryl methyl sites for hydroxylation is 1. The van der Waals surface area contributed by atoms with Gasteiger partial charge >= 0.3 is 0 Å². The van der Waals surface area contributed by atoms with Crippen molar-refractivity contribution in [2.24, 2.45) is 0 Å². The van der Waals surface area contributed by atoms with Gasteiger partial charge in [-0.3, -0.25) is 0 Å². The van der Waals surface area contributed by atoms with Crippen molar-refractivity contribution in [1.82, 2.24) is 0 Å². The van der Waals surface area contributed by atoms with Gasteiger partial charge in [-0.05, 0) is 18.9 Å². The maximum absolute atomic E-state index is 3.59. The van der Waals surface area contributed by atoms with Gasteiger partial charge in [-0.15, -0.1) is 11.3 Å². The first kappa shape index (κ1) is 10.7. The van der Waals surface area contributed by atoms with E-state index in [1.807, 2.05) is 0 Å². The lowest BCUT2D eigenvalue weighted by molar-refractivity contribution is 0.735. The molecule has 88 valence electrons. The molecule has 0 aliphatic carbocycles. The first-order valence-corrected chi connectivity index (χ1v) is 6.88. The minimum Gasteiger partial charge on any atom is -0.381 e. The van der Waals surface area contributed by atoms with Crippen LogP contribution in [0.4, 0.5) is 11.4 Å². The van der Waals surface area contributed by atoms with Crippen LogP contribution in [-0.2, 0) is 6.42 Å². The summed E-state index contributed by atoms with van der Waals surface area (Å²) in [6, 6.07) is 9.24. The topological polar surface area (TPSA) is 24.1 Å². The van der Waals surface area contributed by atoms with Crippen LogP contribution in [0.1, 0.15) is 11.1 Å². The number of thiophene rings is 1. The predicted molar refractivity (Wildman–Crippen MR) is 75.1 cm³/mol. The molecule has 2 N–H and O–H groups in total. The Labute approximate surface area is 106 Å². The van der Waals surface area contributed by atoms with E-state index in [0.29, 0.717) is 6.04 Å². The molecule has 2 aromatic rings. The second-order valence-electron chi connectivity index (χ2n) is 4.61. The van der Waals surface area contributed by atoms with Gasteiger partial charge in [-0.25, -0.2) is 0 Å². The number of hydrogen-bond acceptors (Lipinski definition) is 3. The minimum absolute atomic E-state index is 0.485. The SMILES string of the molecule is Cc1cccc(CC2CNc3cscc3N2)c1. The standard InChI is InChI=1S/C14H16N2S/c1-10-3-2-4-11(5-10)6-12-7-15-13-8-17-9-14(13)16-12/h2-5,8-9,12,15-16H,6-7H2,1H3. The van der Waals surface area contributed by atoms with Gasteiger partial charge in [-0.2, -0.15) is 0 Å². The van der Waals surface area contributed by atoms with Gasteiger partial charge in [0.15, 0.2) is 0 Å². The maximum Gasteiger partial charge on any atom is 0.0687 e. The molecular formula is C14H16N2S. The molecule has 2 heterocycles. The molecule has 1 aromatic heterocycles. The molecule has 0 amide bonds. The normalized spacial score (nSPS) is 18.1. The maximum atomic E-state index is 3.59. The second-order valence-corrected chi connectivity index (χ2v) is 5.36. The van der Waals surface area contributed by atoms with Gasteiger partial charge in [0.05, 0.1) is 11.4 Å². The van der Waals surface area contributed by atoms with E-state index in [0.717, 1.165) is 13.0 Å². The molecule has 1 aromatic carbocycles. The molecule has 0 saturated heterocycles. The zero-order chi connectivity index (χ0) is 11.7. The molecule has 0 saturated carbocycles. The van der Waals surface area contributed by atoms with Crippen molar-refractivity contribution in [3.63, 3.8) is 0 Å². The van der Waals surface area contributed by atoms with E-state index in [-0.39, 0.29) is 0 Å². The van der Waals surface area contributed by atoms with E-state index in [1.54, 1.807) is 11.3 Å². The van der Waals surface area contributed by atoms with Crippen molar-refractivity contribution in [3.05, 3.63) is 46.2 Å². The van der Waals surface area contributed by atoms with Crippen LogP contribution in [0.3, 0.4) is 0 Å². The number of benzene rings is 1. The molecule has 17 heavy (non-hydrogen) atoms. The Morgan fingerprint density at radius 3 is 3.06 bits per heavy atom. The summed E-state index contributed by atoms with van der Waals surface area (Å²) in [5, 5.41) is 11.4. The van der Waals surface area contributed by atoms with E-state index in [9.17, 15) is 0 Å². The van der Waals surface area contributed by atoms with Crippen LogP contribution in [0.2, 0.25) is 0 Å². The molecule has 0 bridgehead atoms. The molecule has 2 nitrogen and oxygen atoms in total. The first-order valence-electron chi connectivity index (χ1n) is 5.93.